The van der Waals surface area contributed by atoms with E-state index >= 15 is 0 Å². The molecule has 0 amide bonds. The highest BCUT2D eigenvalue weighted by Crippen LogP contribution is 2.21. The Balaban J connectivity index is 2.54. The Labute approximate surface area is 88.2 Å². The van der Waals surface area contributed by atoms with E-state index in [1.165, 1.54) is 6.33 Å². The first-order valence-corrected chi connectivity index (χ1v) is 4.74. The minimum absolute atomic E-state index is 0.286. The standard InChI is InChI=1S/C9H13ClN4/c1-2-3-4-5-12-9-7(11)8(10)13-6-14-9/h2-3,6H,4-5,11H2,1H3,(H,12,13,14)/b3-2+. The number of nitrogens with zero attached hydrogens (tertiary/aromatic N) is 2. The molecule has 14 heavy (non-hydrogen) atoms. The summed E-state index contributed by atoms with van der Waals surface area (Å²) in [5.41, 5.74) is 6.06. The van der Waals surface area contributed by atoms with Crippen molar-refractivity contribution in [1.82, 2.24) is 9.97 Å². The lowest BCUT2D eigenvalue weighted by Gasteiger charge is -2.06. The van der Waals surface area contributed by atoms with Crippen molar-refractivity contribution in [2.24, 2.45) is 0 Å². The number of anilines is 2. The molecule has 3 N–H and O–H groups in total. The normalized spacial score (nSPS) is 10.7. The van der Waals surface area contributed by atoms with Gasteiger partial charge in [0.05, 0.1) is 0 Å². The average molecular weight is 213 g/mol. The van der Waals surface area contributed by atoms with Crippen LogP contribution in [0.15, 0.2) is 18.5 Å². The van der Waals surface area contributed by atoms with E-state index < -0.39 is 0 Å². The predicted molar refractivity (Wildman–Crippen MR) is 59.4 cm³/mol. The molecule has 0 fully saturated rings. The van der Waals surface area contributed by atoms with Crippen LogP contribution >= 0.6 is 11.6 Å². The molecule has 0 saturated heterocycles. The molecular weight excluding hydrogens is 200 g/mol. The highest BCUT2D eigenvalue weighted by atomic mass is 35.5. The molecule has 1 aromatic rings. The van der Waals surface area contributed by atoms with E-state index in [0.29, 0.717) is 11.5 Å². The summed E-state index contributed by atoms with van der Waals surface area (Å²) in [7, 11) is 0. The number of halogens is 1. The monoisotopic (exact) mass is 212 g/mol. The third-order valence-electron chi connectivity index (χ3n) is 1.67. The summed E-state index contributed by atoms with van der Waals surface area (Å²) in [6.45, 7) is 2.76. The molecule has 0 bridgehead atoms. The van der Waals surface area contributed by atoms with Crippen molar-refractivity contribution >= 4 is 23.1 Å². The second kappa shape index (κ2) is 5.44. The SMILES string of the molecule is C/C=C/CCNc1ncnc(Cl)c1N. The molecule has 1 aromatic heterocycles. The van der Waals surface area contributed by atoms with Gasteiger partial charge in [0.2, 0.25) is 0 Å². The topological polar surface area (TPSA) is 63.8 Å². The van der Waals surface area contributed by atoms with Crippen LogP contribution in [0.1, 0.15) is 13.3 Å². The van der Waals surface area contributed by atoms with Gasteiger partial charge in [-0.15, -0.1) is 0 Å². The summed E-state index contributed by atoms with van der Waals surface area (Å²) in [4.78, 5) is 7.74. The van der Waals surface area contributed by atoms with Gasteiger partial charge in [-0.05, 0) is 13.3 Å². The molecule has 0 aliphatic heterocycles. The van der Waals surface area contributed by atoms with Gasteiger partial charge < -0.3 is 11.1 Å². The summed E-state index contributed by atoms with van der Waals surface area (Å²) in [5, 5.41) is 3.36. The minimum Gasteiger partial charge on any atom is -0.393 e. The van der Waals surface area contributed by atoms with Gasteiger partial charge in [-0.1, -0.05) is 23.8 Å². The first-order valence-electron chi connectivity index (χ1n) is 4.36. The first kappa shape index (κ1) is 10.8. The minimum atomic E-state index is 0.286. The number of nitrogen functional groups attached to an aromatic ring is 1. The molecule has 0 aliphatic rings. The van der Waals surface area contributed by atoms with Gasteiger partial charge in [0, 0.05) is 6.54 Å². The smallest absolute Gasteiger partial charge is 0.157 e. The van der Waals surface area contributed by atoms with Gasteiger partial charge in [0.15, 0.2) is 11.0 Å². The Morgan fingerprint density at radius 3 is 3.07 bits per heavy atom. The maximum atomic E-state index is 5.72. The van der Waals surface area contributed by atoms with E-state index in [9.17, 15) is 0 Å². The zero-order valence-corrected chi connectivity index (χ0v) is 8.75. The zero-order valence-electron chi connectivity index (χ0n) is 8.00. The number of nitrogens with two attached hydrogens (primary N) is 1. The summed E-state index contributed by atoms with van der Waals surface area (Å²) in [6, 6.07) is 0. The summed E-state index contributed by atoms with van der Waals surface area (Å²) in [5.74, 6) is 0.592. The molecule has 76 valence electrons. The van der Waals surface area contributed by atoms with Crippen molar-refractivity contribution in [3.63, 3.8) is 0 Å². The summed E-state index contributed by atoms with van der Waals surface area (Å²) in [6.07, 6.45) is 6.37. The molecular formula is C9H13ClN4. The second-order valence-electron chi connectivity index (χ2n) is 2.71. The Morgan fingerprint density at radius 2 is 2.36 bits per heavy atom. The molecule has 0 aromatic carbocycles. The molecule has 0 saturated carbocycles. The van der Waals surface area contributed by atoms with Crippen LogP contribution in [-0.4, -0.2) is 16.5 Å². The van der Waals surface area contributed by atoms with E-state index in [2.05, 4.69) is 21.4 Å². The van der Waals surface area contributed by atoms with Crippen molar-refractivity contribution in [2.45, 2.75) is 13.3 Å². The Hall–Kier alpha value is -1.29. The third-order valence-corrected chi connectivity index (χ3v) is 1.98. The average Bonchev–Trinajstić information content (AvgIpc) is 2.19. The van der Waals surface area contributed by atoms with Crippen LogP contribution in [0.25, 0.3) is 0 Å². The molecule has 0 aliphatic carbocycles. The molecule has 0 atom stereocenters. The van der Waals surface area contributed by atoms with Crippen molar-refractivity contribution in [1.29, 1.82) is 0 Å². The van der Waals surface area contributed by atoms with Gasteiger partial charge in [-0.3, -0.25) is 0 Å². The summed E-state index contributed by atoms with van der Waals surface area (Å²) >= 11 is 5.72. The van der Waals surface area contributed by atoms with E-state index in [4.69, 9.17) is 17.3 Å². The Morgan fingerprint density at radius 1 is 1.57 bits per heavy atom. The number of nitrogens with one attached hydrogen (secondary N) is 1. The van der Waals surface area contributed by atoms with Crippen LogP contribution in [0.5, 0.6) is 0 Å². The predicted octanol–water partition coefficient (Wildman–Crippen LogP) is 2.09. The van der Waals surface area contributed by atoms with Gasteiger partial charge in [-0.2, -0.15) is 0 Å². The maximum absolute atomic E-state index is 5.72. The van der Waals surface area contributed by atoms with Gasteiger partial charge in [0.1, 0.15) is 12.0 Å². The summed E-state index contributed by atoms with van der Waals surface area (Å²) < 4.78 is 0. The fourth-order valence-corrected chi connectivity index (χ4v) is 1.09. The largest absolute Gasteiger partial charge is 0.393 e. The van der Waals surface area contributed by atoms with Crippen molar-refractivity contribution in [3.8, 4) is 0 Å². The third kappa shape index (κ3) is 2.88. The van der Waals surface area contributed by atoms with Gasteiger partial charge in [0.25, 0.3) is 0 Å². The fraction of sp³-hybridized carbons (Fsp3) is 0.333. The number of hydrogen-bond donors (Lipinski definition) is 2. The van der Waals surface area contributed by atoms with Crippen LogP contribution in [0.4, 0.5) is 11.5 Å². The lowest BCUT2D eigenvalue weighted by Crippen LogP contribution is -2.06. The zero-order chi connectivity index (χ0) is 10.4. The number of allylic oxidation sites excluding steroid dienone is 1. The van der Waals surface area contributed by atoms with Crippen molar-refractivity contribution in [2.75, 3.05) is 17.6 Å². The molecule has 0 unspecified atom stereocenters. The van der Waals surface area contributed by atoms with Crippen molar-refractivity contribution < 1.29 is 0 Å². The van der Waals surface area contributed by atoms with Crippen LogP contribution < -0.4 is 11.1 Å². The van der Waals surface area contributed by atoms with E-state index in [1.807, 2.05) is 13.0 Å². The quantitative estimate of drug-likeness (QED) is 0.456. The maximum Gasteiger partial charge on any atom is 0.157 e. The Kier molecular flexibility index (Phi) is 4.19. The van der Waals surface area contributed by atoms with E-state index in [0.717, 1.165) is 13.0 Å². The number of hydrogen-bond acceptors (Lipinski definition) is 4. The molecule has 5 heteroatoms. The number of aromatic nitrogens is 2. The molecule has 1 heterocycles. The second-order valence-corrected chi connectivity index (χ2v) is 3.07. The van der Waals surface area contributed by atoms with Crippen LogP contribution in [0, 0.1) is 0 Å². The van der Waals surface area contributed by atoms with Crippen LogP contribution in [0.2, 0.25) is 5.15 Å². The lowest BCUT2D eigenvalue weighted by molar-refractivity contribution is 1.04. The highest BCUT2D eigenvalue weighted by molar-refractivity contribution is 6.32. The molecule has 1 rings (SSSR count). The van der Waals surface area contributed by atoms with E-state index in [-0.39, 0.29) is 5.15 Å². The first-order chi connectivity index (χ1) is 6.75. The van der Waals surface area contributed by atoms with Crippen molar-refractivity contribution in [3.05, 3.63) is 23.6 Å². The highest BCUT2D eigenvalue weighted by Gasteiger charge is 2.03. The Bertz CT molecular complexity index is 325. The number of rotatable bonds is 4. The fourth-order valence-electron chi connectivity index (χ4n) is 0.956. The lowest BCUT2D eigenvalue weighted by atomic mass is 10.3. The van der Waals surface area contributed by atoms with Crippen LogP contribution in [0.3, 0.4) is 0 Å². The van der Waals surface area contributed by atoms with Gasteiger partial charge in [-0.25, -0.2) is 9.97 Å². The van der Waals surface area contributed by atoms with Crippen LogP contribution in [-0.2, 0) is 0 Å². The molecule has 4 nitrogen and oxygen atoms in total. The molecule has 0 spiro atoms. The molecule has 0 radical (unpaired) electrons. The van der Waals surface area contributed by atoms with Gasteiger partial charge >= 0.3 is 0 Å². The van der Waals surface area contributed by atoms with E-state index in [1.54, 1.807) is 0 Å².